The van der Waals surface area contributed by atoms with E-state index in [9.17, 15) is 0 Å². The van der Waals surface area contributed by atoms with Crippen LogP contribution in [0, 0.1) is 5.41 Å². The smallest absolute Gasteiger partial charge is 0.120 e. The Hall–Kier alpha value is -2.93. The molecule has 2 aliphatic rings. The Bertz CT molecular complexity index is 939. The molecule has 4 rings (SSSR count). The number of aromatic nitrogens is 2. The molecule has 0 bridgehead atoms. The fraction of sp³-hybridized carbons (Fsp3) is 0.435. The van der Waals surface area contributed by atoms with Crippen molar-refractivity contribution in [3.8, 4) is 5.75 Å². The Morgan fingerprint density at radius 3 is 2.77 bits per heavy atom. The Morgan fingerprint density at radius 2 is 2.07 bits per heavy atom. The molecule has 7 heteroatoms. The Balaban J connectivity index is 1.41. The number of hydrogen-bond donors (Lipinski definition) is 2. The number of rotatable bonds is 6. The highest BCUT2D eigenvalue weighted by molar-refractivity contribution is 6.15. The zero-order valence-corrected chi connectivity index (χ0v) is 17.7. The number of hydrogen-bond acceptors (Lipinski definition) is 6. The lowest BCUT2D eigenvalue weighted by atomic mass is 9.94. The first-order valence-electron chi connectivity index (χ1n) is 10.6. The lowest BCUT2D eigenvalue weighted by Gasteiger charge is -2.37. The van der Waals surface area contributed by atoms with Gasteiger partial charge in [-0.15, -0.1) is 0 Å². The van der Waals surface area contributed by atoms with E-state index < -0.39 is 0 Å². The van der Waals surface area contributed by atoms with Crippen LogP contribution in [-0.2, 0) is 0 Å². The molecule has 1 atom stereocenters. The standard InChI is InChI=1S/C23H30N6O/c1-16(2)30-19-4-5-21(24)20(15-19)23(25)17-6-10-26-22(14-17)28-12-7-18(8-13-28)29-11-3-9-27-29/h3-6,9-11,15-16,18,22,25H,7-8,12-14,24H2,1-2H3. The van der Waals surface area contributed by atoms with E-state index in [2.05, 4.69) is 14.7 Å². The van der Waals surface area contributed by atoms with Crippen molar-refractivity contribution in [2.45, 2.75) is 51.4 Å². The minimum absolute atomic E-state index is 0.0697. The summed E-state index contributed by atoms with van der Waals surface area (Å²) in [6.07, 6.45) is 10.6. The maximum atomic E-state index is 8.78. The summed E-state index contributed by atoms with van der Waals surface area (Å²) in [7, 11) is 0. The van der Waals surface area contributed by atoms with Crippen LogP contribution in [0.15, 0.2) is 53.3 Å². The van der Waals surface area contributed by atoms with Crippen molar-refractivity contribution in [1.29, 1.82) is 5.41 Å². The maximum absolute atomic E-state index is 8.78. The molecule has 3 heterocycles. The van der Waals surface area contributed by atoms with Crippen LogP contribution in [-0.4, -0.2) is 52.0 Å². The van der Waals surface area contributed by atoms with Crippen molar-refractivity contribution < 1.29 is 4.74 Å². The number of benzene rings is 1. The summed E-state index contributed by atoms with van der Waals surface area (Å²) in [5.41, 5.74) is 8.90. The number of piperidine rings is 1. The largest absolute Gasteiger partial charge is 0.491 e. The molecule has 2 aliphatic heterocycles. The molecule has 1 aromatic heterocycles. The Labute approximate surface area is 177 Å². The van der Waals surface area contributed by atoms with Gasteiger partial charge >= 0.3 is 0 Å². The summed E-state index contributed by atoms with van der Waals surface area (Å²) in [6, 6.07) is 7.98. The topological polar surface area (TPSA) is 92.5 Å². The predicted octanol–water partition coefficient (Wildman–Crippen LogP) is 3.68. The summed E-state index contributed by atoms with van der Waals surface area (Å²) in [6.45, 7) is 5.93. The van der Waals surface area contributed by atoms with Crippen LogP contribution in [0.4, 0.5) is 5.69 Å². The second kappa shape index (κ2) is 8.83. The number of nitrogens with zero attached hydrogens (tertiary/aromatic N) is 4. The minimum Gasteiger partial charge on any atom is -0.491 e. The number of nitrogens with one attached hydrogen (secondary N) is 1. The van der Waals surface area contributed by atoms with E-state index in [0.717, 1.165) is 43.7 Å². The van der Waals surface area contributed by atoms with Crippen LogP contribution >= 0.6 is 0 Å². The van der Waals surface area contributed by atoms with E-state index >= 15 is 0 Å². The molecule has 30 heavy (non-hydrogen) atoms. The summed E-state index contributed by atoms with van der Waals surface area (Å²) >= 11 is 0. The highest BCUT2D eigenvalue weighted by Gasteiger charge is 2.28. The summed E-state index contributed by atoms with van der Waals surface area (Å²) in [5, 5.41) is 13.2. The van der Waals surface area contributed by atoms with Gasteiger partial charge in [0.15, 0.2) is 0 Å². The van der Waals surface area contributed by atoms with Gasteiger partial charge < -0.3 is 10.5 Å². The fourth-order valence-corrected chi connectivity index (χ4v) is 4.17. The van der Waals surface area contributed by atoms with E-state index in [-0.39, 0.29) is 12.3 Å². The molecule has 1 saturated heterocycles. The molecule has 7 nitrogen and oxygen atoms in total. The molecule has 3 N–H and O–H groups in total. The number of ether oxygens (including phenoxy) is 1. The average Bonchev–Trinajstić information content (AvgIpc) is 3.29. The minimum atomic E-state index is 0.0697. The van der Waals surface area contributed by atoms with Crippen LogP contribution in [0.1, 0.15) is 44.7 Å². The third-order valence-electron chi connectivity index (χ3n) is 5.74. The first-order chi connectivity index (χ1) is 14.5. The summed E-state index contributed by atoms with van der Waals surface area (Å²) < 4.78 is 7.86. The molecule has 2 aromatic rings. The number of dihydropyridines is 1. The van der Waals surface area contributed by atoms with Gasteiger partial charge in [0.25, 0.3) is 0 Å². The van der Waals surface area contributed by atoms with Crippen molar-refractivity contribution >= 4 is 17.6 Å². The zero-order chi connectivity index (χ0) is 21.1. The highest BCUT2D eigenvalue weighted by atomic mass is 16.5. The normalized spacial score (nSPS) is 20.4. The molecule has 0 spiro atoms. The molecule has 0 aliphatic carbocycles. The molecule has 1 aromatic carbocycles. The van der Waals surface area contributed by atoms with E-state index in [0.29, 0.717) is 23.0 Å². The summed E-state index contributed by atoms with van der Waals surface area (Å²) in [4.78, 5) is 7.11. The number of nitrogen functional groups attached to an aromatic ring is 1. The molecular weight excluding hydrogens is 376 g/mol. The average molecular weight is 407 g/mol. The Morgan fingerprint density at radius 1 is 1.27 bits per heavy atom. The monoisotopic (exact) mass is 406 g/mol. The van der Waals surface area contributed by atoms with Gasteiger partial charge in [-0.3, -0.25) is 20.0 Å². The van der Waals surface area contributed by atoms with Gasteiger partial charge in [0, 0.05) is 49.4 Å². The molecule has 0 radical (unpaired) electrons. The maximum Gasteiger partial charge on any atom is 0.120 e. The van der Waals surface area contributed by atoms with Gasteiger partial charge in [-0.1, -0.05) is 0 Å². The first-order valence-corrected chi connectivity index (χ1v) is 10.6. The van der Waals surface area contributed by atoms with E-state index in [1.54, 1.807) is 0 Å². The molecular formula is C23H30N6O. The highest BCUT2D eigenvalue weighted by Crippen LogP contribution is 2.29. The molecule has 1 unspecified atom stereocenters. The number of likely N-dealkylation sites (tertiary alicyclic amines) is 1. The molecule has 0 amide bonds. The SMILES string of the molecule is CC(C)Oc1ccc(N)c(C(=N)C2=CC=NC(N3CCC(n4cccn4)CC3)C2)c1. The van der Waals surface area contributed by atoms with Crippen LogP contribution in [0.2, 0.25) is 0 Å². The molecule has 0 saturated carbocycles. The molecule has 158 valence electrons. The van der Waals surface area contributed by atoms with Gasteiger partial charge in [-0.2, -0.15) is 5.10 Å². The summed E-state index contributed by atoms with van der Waals surface area (Å²) in [5.74, 6) is 0.737. The first kappa shape index (κ1) is 20.3. The van der Waals surface area contributed by atoms with Crippen molar-refractivity contribution in [1.82, 2.24) is 14.7 Å². The van der Waals surface area contributed by atoms with Crippen LogP contribution in [0.3, 0.4) is 0 Å². The van der Waals surface area contributed by atoms with Crippen molar-refractivity contribution in [3.05, 3.63) is 53.9 Å². The Kier molecular flexibility index (Phi) is 5.99. The van der Waals surface area contributed by atoms with Gasteiger partial charge in [-0.25, -0.2) is 0 Å². The number of aliphatic imine (C=N–C) groups is 1. The van der Waals surface area contributed by atoms with Crippen molar-refractivity contribution in [2.24, 2.45) is 4.99 Å². The van der Waals surface area contributed by atoms with E-state index in [1.165, 1.54) is 0 Å². The van der Waals surface area contributed by atoms with Crippen LogP contribution < -0.4 is 10.5 Å². The second-order valence-corrected chi connectivity index (χ2v) is 8.22. The van der Waals surface area contributed by atoms with Gasteiger partial charge in [-0.05, 0) is 62.6 Å². The quantitative estimate of drug-likeness (QED) is 0.565. The third-order valence-corrected chi connectivity index (χ3v) is 5.74. The van der Waals surface area contributed by atoms with Crippen LogP contribution in [0.25, 0.3) is 0 Å². The number of nitrogens with two attached hydrogens (primary N) is 1. The number of allylic oxidation sites excluding steroid dienone is 1. The fourth-order valence-electron chi connectivity index (χ4n) is 4.17. The van der Waals surface area contributed by atoms with Gasteiger partial charge in [0.2, 0.25) is 0 Å². The van der Waals surface area contributed by atoms with Crippen molar-refractivity contribution in [2.75, 3.05) is 18.8 Å². The zero-order valence-electron chi connectivity index (χ0n) is 17.7. The lowest BCUT2D eigenvalue weighted by molar-refractivity contribution is 0.134. The second-order valence-electron chi connectivity index (χ2n) is 8.22. The van der Waals surface area contributed by atoms with Crippen molar-refractivity contribution in [3.63, 3.8) is 0 Å². The third kappa shape index (κ3) is 4.46. The van der Waals surface area contributed by atoms with Crippen LogP contribution in [0.5, 0.6) is 5.75 Å². The predicted molar refractivity (Wildman–Crippen MR) is 120 cm³/mol. The van der Waals surface area contributed by atoms with Gasteiger partial charge in [0.1, 0.15) is 11.9 Å². The molecule has 1 fully saturated rings. The number of anilines is 1. The van der Waals surface area contributed by atoms with E-state index in [4.69, 9.17) is 20.9 Å². The lowest BCUT2D eigenvalue weighted by Crippen LogP contribution is -2.42. The van der Waals surface area contributed by atoms with Gasteiger partial charge in [0.05, 0.1) is 17.9 Å². The van der Waals surface area contributed by atoms with E-state index in [1.807, 2.05) is 62.8 Å².